The third kappa shape index (κ3) is 2.25. The molecule has 0 aromatic carbocycles. The molecule has 2 aliphatic rings. The number of likely N-dealkylation sites (tertiary alicyclic amines) is 2. The maximum atomic E-state index is 11.6. The number of nitrogens with zero attached hydrogens (tertiary/aromatic N) is 2. The van der Waals surface area contributed by atoms with Crippen molar-refractivity contribution < 1.29 is 9.90 Å². The quantitative estimate of drug-likeness (QED) is 0.661. The summed E-state index contributed by atoms with van der Waals surface area (Å²) in [7, 11) is 0. The van der Waals surface area contributed by atoms with E-state index in [1.807, 2.05) is 4.90 Å². The molecule has 2 heterocycles. The first-order chi connectivity index (χ1) is 6.75. The van der Waals surface area contributed by atoms with Crippen LogP contribution in [0.5, 0.6) is 0 Å². The summed E-state index contributed by atoms with van der Waals surface area (Å²) in [5, 5.41) is 9.31. The number of aliphatic hydroxyl groups excluding tert-OH is 1. The van der Waals surface area contributed by atoms with Crippen LogP contribution in [0.3, 0.4) is 0 Å². The van der Waals surface area contributed by atoms with E-state index in [1.54, 1.807) is 0 Å². The van der Waals surface area contributed by atoms with Crippen LogP contribution in [0.15, 0.2) is 0 Å². The molecule has 2 saturated heterocycles. The van der Waals surface area contributed by atoms with Crippen molar-refractivity contribution in [3.05, 3.63) is 0 Å². The molecule has 0 spiro atoms. The van der Waals surface area contributed by atoms with Crippen LogP contribution in [0.25, 0.3) is 0 Å². The summed E-state index contributed by atoms with van der Waals surface area (Å²) in [6, 6.07) is 0. The SMILES string of the molecule is O=C(CN1CCC(O)CC1)N1CCC1. The molecule has 0 radical (unpaired) electrons. The number of carbonyl (C=O) groups excluding carboxylic acids is 1. The lowest BCUT2D eigenvalue weighted by atomic mass is 10.1. The molecule has 0 unspecified atom stereocenters. The van der Waals surface area contributed by atoms with Crippen LogP contribution in [-0.4, -0.2) is 59.6 Å². The van der Waals surface area contributed by atoms with E-state index < -0.39 is 0 Å². The zero-order valence-electron chi connectivity index (χ0n) is 8.48. The van der Waals surface area contributed by atoms with E-state index in [9.17, 15) is 9.90 Å². The number of piperidine rings is 1. The van der Waals surface area contributed by atoms with Gasteiger partial charge in [0.05, 0.1) is 12.6 Å². The highest BCUT2D eigenvalue weighted by atomic mass is 16.3. The fraction of sp³-hybridized carbons (Fsp3) is 0.900. The van der Waals surface area contributed by atoms with Crippen LogP contribution in [0.2, 0.25) is 0 Å². The van der Waals surface area contributed by atoms with Crippen LogP contribution in [-0.2, 0) is 4.79 Å². The molecule has 2 rings (SSSR count). The molecule has 2 fully saturated rings. The van der Waals surface area contributed by atoms with Crippen LogP contribution >= 0.6 is 0 Å². The lowest BCUT2D eigenvalue weighted by Gasteiger charge is -2.35. The van der Waals surface area contributed by atoms with Crippen LogP contribution in [0.1, 0.15) is 19.3 Å². The van der Waals surface area contributed by atoms with E-state index in [1.165, 1.54) is 0 Å². The van der Waals surface area contributed by atoms with Crippen LogP contribution in [0, 0.1) is 0 Å². The Kier molecular flexibility index (Phi) is 3.03. The van der Waals surface area contributed by atoms with Gasteiger partial charge in [-0.1, -0.05) is 0 Å². The number of hydrogen-bond acceptors (Lipinski definition) is 3. The first kappa shape index (κ1) is 9.93. The van der Waals surface area contributed by atoms with Crippen molar-refractivity contribution in [2.24, 2.45) is 0 Å². The molecule has 4 heteroatoms. The van der Waals surface area contributed by atoms with E-state index in [2.05, 4.69) is 4.90 Å². The zero-order valence-corrected chi connectivity index (χ0v) is 8.48. The minimum absolute atomic E-state index is 0.148. The Bertz CT molecular complexity index is 208. The Morgan fingerprint density at radius 3 is 2.36 bits per heavy atom. The van der Waals surface area contributed by atoms with Crippen LogP contribution < -0.4 is 0 Å². The standard InChI is InChI=1S/C10H18N2O2/c13-9-2-6-11(7-3-9)8-10(14)12-4-1-5-12/h9,13H,1-8H2. The van der Waals surface area contributed by atoms with E-state index in [0.29, 0.717) is 6.54 Å². The number of amides is 1. The van der Waals surface area contributed by atoms with Crippen molar-refractivity contribution in [1.82, 2.24) is 9.80 Å². The average molecular weight is 198 g/mol. The van der Waals surface area contributed by atoms with Crippen molar-refractivity contribution in [2.75, 3.05) is 32.7 Å². The first-order valence-electron chi connectivity index (χ1n) is 5.44. The van der Waals surface area contributed by atoms with Crippen molar-refractivity contribution in [1.29, 1.82) is 0 Å². The number of carbonyl (C=O) groups is 1. The van der Waals surface area contributed by atoms with Gasteiger partial charge in [-0.25, -0.2) is 0 Å². The Morgan fingerprint density at radius 1 is 1.21 bits per heavy atom. The van der Waals surface area contributed by atoms with Gasteiger partial charge in [0.2, 0.25) is 5.91 Å². The highest BCUT2D eigenvalue weighted by Crippen LogP contribution is 2.11. The maximum absolute atomic E-state index is 11.6. The third-order valence-electron chi connectivity index (χ3n) is 3.12. The van der Waals surface area contributed by atoms with Crippen molar-refractivity contribution in [3.63, 3.8) is 0 Å². The van der Waals surface area contributed by atoms with Gasteiger partial charge in [-0.15, -0.1) is 0 Å². The summed E-state index contributed by atoms with van der Waals surface area (Å²) in [4.78, 5) is 15.7. The molecule has 0 aromatic heterocycles. The topological polar surface area (TPSA) is 43.8 Å². The smallest absolute Gasteiger partial charge is 0.236 e. The first-order valence-corrected chi connectivity index (χ1v) is 5.44. The Morgan fingerprint density at radius 2 is 1.86 bits per heavy atom. The molecule has 0 aromatic rings. The molecule has 14 heavy (non-hydrogen) atoms. The lowest BCUT2D eigenvalue weighted by molar-refractivity contribution is -0.136. The van der Waals surface area contributed by atoms with Gasteiger partial charge in [-0.3, -0.25) is 9.69 Å². The van der Waals surface area contributed by atoms with Gasteiger partial charge in [0.1, 0.15) is 0 Å². The second-order valence-electron chi connectivity index (χ2n) is 4.24. The van der Waals surface area contributed by atoms with Gasteiger partial charge in [0, 0.05) is 26.2 Å². The van der Waals surface area contributed by atoms with Crippen LogP contribution in [0.4, 0.5) is 0 Å². The second-order valence-corrected chi connectivity index (χ2v) is 4.24. The molecule has 2 aliphatic heterocycles. The Labute approximate surface area is 84.5 Å². The summed E-state index contributed by atoms with van der Waals surface area (Å²) < 4.78 is 0. The molecule has 1 N–H and O–H groups in total. The van der Waals surface area contributed by atoms with Crippen molar-refractivity contribution >= 4 is 5.91 Å². The molecular weight excluding hydrogens is 180 g/mol. The predicted molar refractivity (Wildman–Crippen MR) is 52.9 cm³/mol. The molecule has 0 atom stereocenters. The fourth-order valence-electron chi connectivity index (χ4n) is 1.93. The van der Waals surface area contributed by atoms with Gasteiger partial charge in [0.25, 0.3) is 0 Å². The summed E-state index contributed by atoms with van der Waals surface area (Å²) in [5.74, 6) is 0.257. The average Bonchev–Trinajstić information content (AvgIpc) is 2.06. The van der Waals surface area contributed by atoms with Gasteiger partial charge < -0.3 is 10.0 Å². The molecule has 1 amide bonds. The minimum atomic E-state index is -0.148. The van der Waals surface area contributed by atoms with Crippen molar-refractivity contribution in [3.8, 4) is 0 Å². The largest absolute Gasteiger partial charge is 0.393 e. The minimum Gasteiger partial charge on any atom is -0.393 e. The fourth-order valence-corrected chi connectivity index (χ4v) is 1.93. The summed E-state index contributed by atoms with van der Waals surface area (Å²) in [6.07, 6.45) is 2.63. The third-order valence-corrected chi connectivity index (χ3v) is 3.12. The highest BCUT2D eigenvalue weighted by molar-refractivity contribution is 5.78. The Hall–Kier alpha value is -0.610. The van der Waals surface area contributed by atoms with Gasteiger partial charge in [-0.05, 0) is 19.3 Å². The maximum Gasteiger partial charge on any atom is 0.236 e. The summed E-state index contributed by atoms with van der Waals surface area (Å²) in [6.45, 7) is 4.15. The zero-order chi connectivity index (χ0) is 9.97. The van der Waals surface area contributed by atoms with E-state index in [0.717, 1.165) is 45.4 Å². The molecule has 80 valence electrons. The molecule has 0 aliphatic carbocycles. The summed E-state index contributed by atoms with van der Waals surface area (Å²) >= 11 is 0. The lowest BCUT2D eigenvalue weighted by Crippen LogP contribution is -2.48. The normalized spacial score (nSPS) is 24.8. The number of aliphatic hydroxyl groups is 1. The van der Waals surface area contributed by atoms with E-state index >= 15 is 0 Å². The molecule has 4 nitrogen and oxygen atoms in total. The number of rotatable bonds is 2. The molecular formula is C10H18N2O2. The second kappa shape index (κ2) is 4.28. The monoisotopic (exact) mass is 198 g/mol. The highest BCUT2D eigenvalue weighted by Gasteiger charge is 2.24. The summed E-state index contributed by atoms with van der Waals surface area (Å²) in [5.41, 5.74) is 0. The molecule has 0 bridgehead atoms. The van der Waals surface area contributed by atoms with Gasteiger partial charge in [-0.2, -0.15) is 0 Å². The van der Waals surface area contributed by atoms with Gasteiger partial charge in [0.15, 0.2) is 0 Å². The van der Waals surface area contributed by atoms with Gasteiger partial charge >= 0.3 is 0 Å². The van der Waals surface area contributed by atoms with E-state index in [4.69, 9.17) is 0 Å². The Balaban J connectivity index is 1.71. The number of hydrogen-bond donors (Lipinski definition) is 1. The predicted octanol–water partition coefficient (Wildman–Crippen LogP) is -0.325. The van der Waals surface area contributed by atoms with E-state index in [-0.39, 0.29) is 12.0 Å². The molecule has 0 saturated carbocycles. The van der Waals surface area contributed by atoms with Crippen molar-refractivity contribution in [2.45, 2.75) is 25.4 Å².